The van der Waals surface area contributed by atoms with Gasteiger partial charge < -0.3 is 9.42 Å². The van der Waals surface area contributed by atoms with Crippen molar-refractivity contribution in [2.75, 3.05) is 7.05 Å². The number of piperidine rings is 1. The zero-order valence-corrected chi connectivity index (χ0v) is 12.6. The molecule has 2 aromatic rings. The largest absolute Gasteiger partial charge is 0.333 e. The molecule has 2 saturated heterocycles. The summed E-state index contributed by atoms with van der Waals surface area (Å²) in [4.78, 5) is 8.63. The van der Waals surface area contributed by atoms with Gasteiger partial charge in [-0.15, -0.1) is 11.3 Å². The summed E-state index contributed by atoms with van der Waals surface area (Å²) in [6, 6.07) is 7.14. The van der Waals surface area contributed by atoms with Gasteiger partial charge in [-0.3, -0.25) is 0 Å². The van der Waals surface area contributed by atoms with E-state index in [-0.39, 0.29) is 0 Å². The third-order valence-electron chi connectivity index (χ3n) is 4.83. The van der Waals surface area contributed by atoms with Crippen molar-refractivity contribution in [3.05, 3.63) is 22.8 Å². The molecule has 0 aromatic carbocycles. The predicted molar refractivity (Wildman–Crippen MR) is 78.9 cm³/mol. The quantitative estimate of drug-likeness (QED) is 0.853. The Kier molecular flexibility index (Phi) is 3.05. The van der Waals surface area contributed by atoms with Gasteiger partial charge in [0, 0.05) is 18.0 Å². The summed E-state index contributed by atoms with van der Waals surface area (Å²) in [5.74, 6) is 1.79. The summed E-state index contributed by atoms with van der Waals surface area (Å²) in [5.41, 5.74) is 0. The first-order valence-corrected chi connectivity index (χ1v) is 8.12. The minimum absolute atomic E-state index is 0.409. The second-order valence-corrected chi connectivity index (χ2v) is 7.04. The lowest BCUT2D eigenvalue weighted by Gasteiger charge is -2.34. The SMILES string of the molecule is CN1C2CCC1CC(c1noc(-c3ccc(C#N)s3)n1)C2. The molecule has 5 nitrogen and oxygen atoms in total. The van der Waals surface area contributed by atoms with Crippen LogP contribution in [0, 0.1) is 11.3 Å². The number of fused-ring (bicyclic) bond motifs is 2. The summed E-state index contributed by atoms with van der Waals surface area (Å²) in [6.07, 6.45) is 4.83. The molecular formula is C15H16N4OS. The van der Waals surface area contributed by atoms with E-state index in [0.29, 0.717) is 28.8 Å². The number of nitrogens with zero attached hydrogens (tertiary/aromatic N) is 4. The van der Waals surface area contributed by atoms with Crippen molar-refractivity contribution in [2.45, 2.75) is 43.7 Å². The van der Waals surface area contributed by atoms with Crippen molar-refractivity contribution >= 4 is 11.3 Å². The van der Waals surface area contributed by atoms with E-state index in [1.807, 2.05) is 6.07 Å². The molecule has 2 unspecified atom stereocenters. The highest BCUT2D eigenvalue weighted by atomic mass is 32.1. The lowest BCUT2D eigenvalue weighted by molar-refractivity contribution is 0.157. The summed E-state index contributed by atoms with van der Waals surface area (Å²) >= 11 is 1.39. The highest BCUT2D eigenvalue weighted by Gasteiger charge is 2.40. The first kappa shape index (κ1) is 13.0. The second-order valence-electron chi connectivity index (χ2n) is 5.95. The molecule has 2 fully saturated rings. The average molecular weight is 300 g/mol. The molecule has 0 aliphatic carbocycles. The van der Waals surface area contributed by atoms with Gasteiger partial charge >= 0.3 is 0 Å². The summed E-state index contributed by atoms with van der Waals surface area (Å²) in [6.45, 7) is 0. The average Bonchev–Trinajstić information content (AvgIpc) is 3.18. The Labute approximate surface area is 127 Å². The zero-order valence-electron chi connectivity index (χ0n) is 11.8. The molecule has 0 N–H and O–H groups in total. The number of thiophene rings is 1. The minimum atomic E-state index is 0.409. The van der Waals surface area contributed by atoms with E-state index in [1.165, 1.54) is 24.2 Å². The Hall–Kier alpha value is -1.71. The zero-order chi connectivity index (χ0) is 14.4. The van der Waals surface area contributed by atoms with E-state index in [1.54, 1.807) is 6.07 Å². The molecule has 0 spiro atoms. The van der Waals surface area contributed by atoms with E-state index in [9.17, 15) is 0 Å². The molecular weight excluding hydrogens is 284 g/mol. The van der Waals surface area contributed by atoms with Crippen molar-refractivity contribution in [1.29, 1.82) is 5.26 Å². The minimum Gasteiger partial charge on any atom is -0.333 e. The molecule has 6 heteroatoms. The predicted octanol–water partition coefficient (Wildman–Crippen LogP) is 3.01. The molecule has 2 aliphatic rings. The fourth-order valence-electron chi connectivity index (χ4n) is 3.64. The number of aromatic nitrogens is 2. The summed E-state index contributed by atoms with van der Waals surface area (Å²) < 4.78 is 5.41. The van der Waals surface area contributed by atoms with Gasteiger partial charge in [-0.1, -0.05) is 5.16 Å². The third kappa shape index (κ3) is 2.17. The van der Waals surface area contributed by atoms with Crippen LogP contribution in [0.5, 0.6) is 0 Å². The van der Waals surface area contributed by atoms with Crippen LogP contribution in [0.2, 0.25) is 0 Å². The summed E-state index contributed by atoms with van der Waals surface area (Å²) in [5, 5.41) is 13.1. The maximum atomic E-state index is 8.89. The van der Waals surface area contributed by atoms with Gasteiger partial charge in [0.15, 0.2) is 5.82 Å². The lowest BCUT2D eigenvalue weighted by atomic mass is 9.90. The molecule has 21 heavy (non-hydrogen) atoms. The van der Waals surface area contributed by atoms with Crippen LogP contribution < -0.4 is 0 Å². The Bertz CT molecular complexity index is 687. The molecule has 4 heterocycles. The Morgan fingerprint density at radius 1 is 1.33 bits per heavy atom. The van der Waals surface area contributed by atoms with Gasteiger partial charge in [0.2, 0.25) is 0 Å². The number of rotatable bonds is 2. The Balaban J connectivity index is 1.56. The molecule has 0 radical (unpaired) electrons. The van der Waals surface area contributed by atoms with Crippen LogP contribution in [-0.4, -0.2) is 34.2 Å². The molecule has 2 aliphatic heterocycles. The van der Waals surface area contributed by atoms with Crippen molar-refractivity contribution in [3.8, 4) is 16.8 Å². The van der Waals surface area contributed by atoms with Gasteiger partial charge in [-0.05, 0) is 44.9 Å². The van der Waals surface area contributed by atoms with Crippen LogP contribution in [0.1, 0.15) is 42.3 Å². The third-order valence-corrected chi connectivity index (χ3v) is 5.81. The van der Waals surface area contributed by atoms with E-state index < -0.39 is 0 Å². The molecule has 4 rings (SSSR count). The fraction of sp³-hybridized carbons (Fsp3) is 0.533. The highest BCUT2D eigenvalue weighted by Crippen LogP contribution is 2.41. The highest BCUT2D eigenvalue weighted by molar-refractivity contribution is 7.15. The normalized spacial score (nSPS) is 28.7. The molecule has 2 bridgehead atoms. The molecule has 108 valence electrons. The van der Waals surface area contributed by atoms with Crippen LogP contribution >= 0.6 is 11.3 Å². The number of nitriles is 1. The van der Waals surface area contributed by atoms with Gasteiger partial charge in [0.1, 0.15) is 10.9 Å². The van der Waals surface area contributed by atoms with Crippen molar-refractivity contribution in [2.24, 2.45) is 0 Å². The van der Waals surface area contributed by atoms with E-state index >= 15 is 0 Å². The fourth-order valence-corrected chi connectivity index (χ4v) is 4.36. The molecule has 0 amide bonds. The maximum Gasteiger partial charge on any atom is 0.268 e. The van der Waals surface area contributed by atoms with Crippen LogP contribution in [0.4, 0.5) is 0 Å². The van der Waals surface area contributed by atoms with Gasteiger partial charge in [0.05, 0.1) is 4.88 Å². The van der Waals surface area contributed by atoms with Gasteiger partial charge in [-0.25, -0.2) is 0 Å². The Morgan fingerprint density at radius 3 is 2.76 bits per heavy atom. The van der Waals surface area contributed by atoms with Crippen LogP contribution in [-0.2, 0) is 0 Å². The Morgan fingerprint density at radius 2 is 2.10 bits per heavy atom. The smallest absolute Gasteiger partial charge is 0.268 e. The van der Waals surface area contributed by atoms with E-state index in [2.05, 4.69) is 28.2 Å². The molecule has 0 saturated carbocycles. The van der Waals surface area contributed by atoms with Crippen LogP contribution in [0.25, 0.3) is 10.8 Å². The van der Waals surface area contributed by atoms with Gasteiger partial charge in [-0.2, -0.15) is 10.2 Å². The monoisotopic (exact) mass is 300 g/mol. The van der Waals surface area contributed by atoms with Crippen LogP contribution in [0.3, 0.4) is 0 Å². The van der Waals surface area contributed by atoms with E-state index in [0.717, 1.165) is 23.5 Å². The maximum absolute atomic E-state index is 8.89. The van der Waals surface area contributed by atoms with Crippen LogP contribution in [0.15, 0.2) is 16.7 Å². The molecule has 2 atom stereocenters. The topological polar surface area (TPSA) is 66.0 Å². The van der Waals surface area contributed by atoms with Crippen molar-refractivity contribution < 1.29 is 4.52 Å². The standard InChI is InChI=1S/C15H16N4OS/c1-19-10-2-3-11(19)7-9(6-10)14-17-15(20-18-14)13-5-4-12(8-16)21-13/h4-5,9-11H,2-3,6-7H2,1H3. The first-order chi connectivity index (χ1) is 10.2. The van der Waals surface area contributed by atoms with E-state index in [4.69, 9.17) is 9.78 Å². The second kappa shape index (κ2) is 4.93. The van der Waals surface area contributed by atoms with Gasteiger partial charge in [0.25, 0.3) is 5.89 Å². The number of hydrogen-bond donors (Lipinski definition) is 0. The van der Waals surface area contributed by atoms with Crippen molar-refractivity contribution in [3.63, 3.8) is 0 Å². The summed E-state index contributed by atoms with van der Waals surface area (Å²) in [7, 11) is 2.23. The first-order valence-electron chi connectivity index (χ1n) is 7.30. The number of hydrogen-bond acceptors (Lipinski definition) is 6. The lowest BCUT2D eigenvalue weighted by Crippen LogP contribution is -2.39. The molecule has 2 aromatic heterocycles. The van der Waals surface area contributed by atoms with Crippen molar-refractivity contribution in [1.82, 2.24) is 15.0 Å².